The Morgan fingerprint density at radius 3 is 2.59 bits per heavy atom. The number of piperidine rings is 2. The SMILES string of the molecule is CC(SCCN1CCCCC1)C1CCNCC1. The Labute approximate surface area is 111 Å². The summed E-state index contributed by atoms with van der Waals surface area (Å²) in [7, 11) is 0. The lowest BCUT2D eigenvalue weighted by atomic mass is 9.95. The molecule has 2 nitrogen and oxygen atoms in total. The number of hydrogen-bond donors (Lipinski definition) is 1. The van der Waals surface area contributed by atoms with Crippen LogP contribution in [0.25, 0.3) is 0 Å². The Bertz CT molecular complexity index is 198. The molecular formula is C14H28N2S. The van der Waals surface area contributed by atoms with Crippen LogP contribution in [0.1, 0.15) is 39.0 Å². The fraction of sp³-hybridized carbons (Fsp3) is 1.00. The van der Waals surface area contributed by atoms with Crippen LogP contribution >= 0.6 is 11.8 Å². The standard InChI is InChI=1S/C14H28N2S/c1-13(14-5-7-15-8-6-14)17-12-11-16-9-3-2-4-10-16/h13-15H,2-12H2,1H3. The van der Waals surface area contributed by atoms with Crippen molar-refractivity contribution in [2.75, 3.05) is 38.5 Å². The van der Waals surface area contributed by atoms with E-state index in [1.165, 1.54) is 70.6 Å². The Morgan fingerprint density at radius 2 is 1.88 bits per heavy atom. The van der Waals surface area contributed by atoms with Gasteiger partial charge in [0.25, 0.3) is 0 Å². The number of rotatable bonds is 5. The van der Waals surface area contributed by atoms with Gasteiger partial charge in [-0.15, -0.1) is 0 Å². The smallest absolute Gasteiger partial charge is 0.00724 e. The third-order valence-corrected chi connectivity index (χ3v) is 5.61. The van der Waals surface area contributed by atoms with Crippen LogP contribution in [0.5, 0.6) is 0 Å². The van der Waals surface area contributed by atoms with Crippen molar-refractivity contribution in [2.24, 2.45) is 5.92 Å². The van der Waals surface area contributed by atoms with E-state index < -0.39 is 0 Å². The molecule has 1 atom stereocenters. The normalized spacial score (nSPS) is 25.9. The molecule has 0 spiro atoms. The fourth-order valence-electron chi connectivity index (χ4n) is 3.00. The number of likely N-dealkylation sites (tertiary alicyclic amines) is 1. The monoisotopic (exact) mass is 256 g/mol. The van der Waals surface area contributed by atoms with Crippen LogP contribution in [0, 0.1) is 5.92 Å². The maximum absolute atomic E-state index is 3.46. The molecule has 100 valence electrons. The van der Waals surface area contributed by atoms with Gasteiger partial charge in [-0.25, -0.2) is 0 Å². The molecule has 3 heteroatoms. The molecule has 0 aromatic carbocycles. The first-order valence-electron chi connectivity index (χ1n) is 7.41. The van der Waals surface area contributed by atoms with Crippen molar-refractivity contribution in [1.29, 1.82) is 0 Å². The molecule has 2 rings (SSSR count). The van der Waals surface area contributed by atoms with E-state index in [1.54, 1.807) is 0 Å². The van der Waals surface area contributed by atoms with Gasteiger partial charge in [0, 0.05) is 17.5 Å². The summed E-state index contributed by atoms with van der Waals surface area (Å²) in [4.78, 5) is 2.66. The highest BCUT2D eigenvalue weighted by Gasteiger charge is 2.20. The van der Waals surface area contributed by atoms with Crippen molar-refractivity contribution in [1.82, 2.24) is 10.2 Å². The molecule has 0 aromatic heterocycles. The second-order valence-corrected chi connectivity index (χ2v) is 7.05. The molecule has 17 heavy (non-hydrogen) atoms. The molecule has 2 fully saturated rings. The first-order valence-corrected chi connectivity index (χ1v) is 8.46. The van der Waals surface area contributed by atoms with E-state index in [2.05, 4.69) is 28.9 Å². The average Bonchev–Trinajstić information content (AvgIpc) is 2.41. The lowest BCUT2D eigenvalue weighted by molar-refractivity contribution is 0.242. The van der Waals surface area contributed by atoms with Crippen molar-refractivity contribution >= 4 is 11.8 Å². The zero-order valence-corrected chi connectivity index (χ0v) is 12.1. The molecule has 2 aliphatic rings. The third kappa shape index (κ3) is 4.80. The Balaban J connectivity index is 1.57. The predicted octanol–water partition coefficient (Wildman–Crippen LogP) is 2.59. The van der Waals surface area contributed by atoms with Gasteiger partial charge in [0.05, 0.1) is 0 Å². The van der Waals surface area contributed by atoms with Gasteiger partial charge in [0.15, 0.2) is 0 Å². The van der Waals surface area contributed by atoms with E-state index in [9.17, 15) is 0 Å². The van der Waals surface area contributed by atoms with E-state index >= 15 is 0 Å². The molecule has 2 heterocycles. The van der Waals surface area contributed by atoms with Crippen LogP contribution in [0.2, 0.25) is 0 Å². The van der Waals surface area contributed by atoms with Gasteiger partial charge < -0.3 is 10.2 Å². The third-order valence-electron chi connectivity index (χ3n) is 4.28. The van der Waals surface area contributed by atoms with Crippen LogP contribution in [0.3, 0.4) is 0 Å². The quantitative estimate of drug-likeness (QED) is 0.814. The molecule has 0 saturated carbocycles. The molecule has 0 aliphatic carbocycles. The molecule has 0 aromatic rings. The van der Waals surface area contributed by atoms with E-state index in [0.717, 1.165) is 11.2 Å². The van der Waals surface area contributed by atoms with E-state index in [4.69, 9.17) is 0 Å². The summed E-state index contributed by atoms with van der Waals surface area (Å²) < 4.78 is 0. The van der Waals surface area contributed by atoms with Crippen molar-refractivity contribution in [3.8, 4) is 0 Å². The number of nitrogens with zero attached hydrogens (tertiary/aromatic N) is 1. The van der Waals surface area contributed by atoms with Crippen molar-refractivity contribution in [3.63, 3.8) is 0 Å². The second-order valence-electron chi connectivity index (χ2n) is 5.57. The van der Waals surface area contributed by atoms with Gasteiger partial charge in [0.1, 0.15) is 0 Å². The van der Waals surface area contributed by atoms with Crippen molar-refractivity contribution < 1.29 is 0 Å². The summed E-state index contributed by atoms with van der Waals surface area (Å²) in [5, 5.41) is 4.32. The zero-order chi connectivity index (χ0) is 11.9. The summed E-state index contributed by atoms with van der Waals surface area (Å²) in [5.41, 5.74) is 0. The number of hydrogen-bond acceptors (Lipinski definition) is 3. The highest BCUT2D eigenvalue weighted by molar-refractivity contribution is 7.99. The van der Waals surface area contributed by atoms with Gasteiger partial charge in [0.2, 0.25) is 0 Å². The first kappa shape index (κ1) is 13.7. The van der Waals surface area contributed by atoms with Crippen LogP contribution in [-0.4, -0.2) is 48.6 Å². The van der Waals surface area contributed by atoms with Crippen LogP contribution in [-0.2, 0) is 0 Å². The number of thioether (sulfide) groups is 1. The Hall–Kier alpha value is 0.270. The van der Waals surface area contributed by atoms with Crippen LogP contribution < -0.4 is 5.32 Å². The molecular weight excluding hydrogens is 228 g/mol. The van der Waals surface area contributed by atoms with Crippen molar-refractivity contribution in [3.05, 3.63) is 0 Å². The number of nitrogens with one attached hydrogen (secondary N) is 1. The topological polar surface area (TPSA) is 15.3 Å². The highest BCUT2D eigenvalue weighted by Crippen LogP contribution is 2.26. The minimum absolute atomic E-state index is 0.863. The van der Waals surface area contributed by atoms with Gasteiger partial charge in [-0.3, -0.25) is 0 Å². The lowest BCUT2D eigenvalue weighted by Crippen LogP contribution is -2.34. The summed E-state index contributed by atoms with van der Waals surface area (Å²) in [6.07, 6.45) is 7.08. The molecule has 1 unspecified atom stereocenters. The average molecular weight is 256 g/mol. The van der Waals surface area contributed by atoms with Gasteiger partial charge in [-0.1, -0.05) is 13.3 Å². The summed E-state index contributed by atoms with van der Waals surface area (Å²) in [5.74, 6) is 2.30. The van der Waals surface area contributed by atoms with Gasteiger partial charge in [-0.2, -0.15) is 11.8 Å². The Morgan fingerprint density at radius 1 is 1.18 bits per heavy atom. The molecule has 1 N–H and O–H groups in total. The first-order chi connectivity index (χ1) is 8.36. The summed E-state index contributed by atoms with van der Waals surface area (Å²) >= 11 is 2.21. The second kappa shape index (κ2) is 7.65. The molecule has 2 aliphatic heterocycles. The molecule has 0 bridgehead atoms. The van der Waals surface area contributed by atoms with Gasteiger partial charge in [-0.05, 0) is 57.8 Å². The van der Waals surface area contributed by atoms with E-state index in [0.29, 0.717) is 0 Å². The largest absolute Gasteiger partial charge is 0.317 e. The summed E-state index contributed by atoms with van der Waals surface area (Å²) in [6.45, 7) is 8.94. The van der Waals surface area contributed by atoms with Crippen LogP contribution in [0.15, 0.2) is 0 Å². The maximum Gasteiger partial charge on any atom is 0.00724 e. The minimum atomic E-state index is 0.863. The maximum atomic E-state index is 3.46. The van der Waals surface area contributed by atoms with Crippen LogP contribution in [0.4, 0.5) is 0 Å². The summed E-state index contributed by atoms with van der Waals surface area (Å²) in [6, 6.07) is 0. The molecule has 0 amide bonds. The highest BCUT2D eigenvalue weighted by atomic mass is 32.2. The fourth-order valence-corrected chi connectivity index (χ4v) is 4.28. The lowest BCUT2D eigenvalue weighted by Gasteiger charge is -2.30. The van der Waals surface area contributed by atoms with E-state index in [1.807, 2.05) is 0 Å². The Kier molecular flexibility index (Phi) is 6.16. The predicted molar refractivity (Wildman–Crippen MR) is 77.8 cm³/mol. The zero-order valence-electron chi connectivity index (χ0n) is 11.3. The molecule has 2 saturated heterocycles. The van der Waals surface area contributed by atoms with Gasteiger partial charge >= 0.3 is 0 Å². The van der Waals surface area contributed by atoms with Crippen molar-refractivity contribution in [2.45, 2.75) is 44.3 Å². The minimum Gasteiger partial charge on any atom is -0.317 e. The molecule has 0 radical (unpaired) electrons. The van der Waals surface area contributed by atoms with E-state index in [-0.39, 0.29) is 0 Å².